The van der Waals surface area contributed by atoms with Gasteiger partial charge >= 0.3 is 0 Å². The summed E-state index contributed by atoms with van der Waals surface area (Å²) in [6, 6.07) is 4.71. The molecule has 0 bridgehead atoms. The first-order chi connectivity index (χ1) is 6.79. The zero-order valence-corrected chi connectivity index (χ0v) is 8.22. The van der Waals surface area contributed by atoms with E-state index in [9.17, 15) is 4.39 Å². The molecule has 0 saturated heterocycles. The Kier molecular flexibility index (Phi) is 2.68. The van der Waals surface area contributed by atoms with Gasteiger partial charge in [-0.05, 0) is 12.5 Å². The van der Waals surface area contributed by atoms with Gasteiger partial charge in [0.05, 0.1) is 0 Å². The number of benzene rings is 1. The zero-order chi connectivity index (χ0) is 9.97. The van der Waals surface area contributed by atoms with Crippen LogP contribution in [0.25, 0.3) is 0 Å². The minimum Gasteiger partial charge on any atom is -0.489 e. The summed E-state index contributed by atoms with van der Waals surface area (Å²) in [6.07, 6.45) is 1.08. The summed E-state index contributed by atoms with van der Waals surface area (Å²) in [6.45, 7) is 3.65. The highest BCUT2D eigenvalue weighted by Gasteiger charge is 2.15. The van der Waals surface area contributed by atoms with Crippen LogP contribution in [0, 0.1) is 5.82 Å². The van der Waals surface area contributed by atoms with E-state index >= 15 is 0 Å². The average molecular weight is 195 g/mol. The molecule has 2 rings (SSSR count). The van der Waals surface area contributed by atoms with Crippen LogP contribution in [0.2, 0.25) is 0 Å². The molecule has 0 radical (unpaired) electrons. The van der Waals surface area contributed by atoms with Gasteiger partial charge in [-0.3, -0.25) is 0 Å². The SMILES string of the molecule is CC[C@@H]1CNCc2ccc(F)cc2O1. The fourth-order valence-electron chi connectivity index (χ4n) is 1.60. The van der Waals surface area contributed by atoms with Crippen LogP contribution in [0.15, 0.2) is 18.2 Å². The van der Waals surface area contributed by atoms with Gasteiger partial charge in [-0.1, -0.05) is 13.0 Å². The molecule has 1 heterocycles. The zero-order valence-electron chi connectivity index (χ0n) is 8.22. The highest BCUT2D eigenvalue weighted by molar-refractivity contribution is 5.34. The molecular formula is C11H14FNO. The molecule has 2 nitrogen and oxygen atoms in total. The van der Waals surface area contributed by atoms with Crippen molar-refractivity contribution in [3.05, 3.63) is 29.6 Å². The molecule has 3 heteroatoms. The van der Waals surface area contributed by atoms with E-state index in [1.54, 1.807) is 6.07 Å². The molecule has 0 aromatic heterocycles. The van der Waals surface area contributed by atoms with Gasteiger partial charge in [-0.25, -0.2) is 4.39 Å². The second-order valence-corrected chi connectivity index (χ2v) is 3.53. The van der Waals surface area contributed by atoms with Gasteiger partial charge in [-0.15, -0.1) is 0 Å². The maximum Gasteiger partial charge on any atom is 0.127 e. The average Bonchev–Trinajstić information content (AvgIpc) is 2.38. The van der Waals surface area contributed by atoms with E-state index in [0.29, 0.717) is 5.75 Å². The van der Waals surface area contributed by atoms with Crippen molar-refractivity contribution in [2.45, 2.75) is 26.0 Å². The summed E-state index contributed by atoms with van der Waals surface area (Å²) in [5.74, 6) is 0.447. The summed E-state index contributed by atoms with van der Waals surface area (Å²) in [4.78, 5) is 0. The predicted molar refractivity (Wildman–Crippen MR) is 52.8 cm³/mol. The quantitative estimate of drug-likeness (QED) is 0.740. The van der Waals surface area contributed by atoms with Gasteiger partial charge in [0.1, 0.15) is 17.7 Å². The Balaban J connectivity index is 2.28. The molecule has 1 aromatic carbocycles. The van der Waals surface area contributed by atoms with E-state index < -0.39 is 0 Å². The maximum atomic E-state index is 13.0. The molecule has 0 aliphatic carbocycles. The van der Waals surface area contributed by atoms with Crippen molar-refractivity contribution in [2.24, 2.45) is 0 Å². The van der Waals surface area contributed by atoms with Crippen LogP contribution in [0.5, 0.6) is 5.75 Å². The fourth-order valence-corrected chi connectivity index (χ4v) is 1.60. The molecule has 76 valence electrons. The lowest BCUT2D eigenvalue weighted by Crippen LogP contribution is -2.27. The second kappa shape index (κ2) is 3.96. The van der Waals surface area contributed by atoms with E-state index in [1.807, 2.05) is 0 Å². The molecule has 0 unspecified atom stereocenters. The monoisotopic (exact) mass is 195 g/mol. The van der Waals surface area contributed by atoms with Crippen LogP contribution >= 0.6 is 0 Å². The molecular weight excluding hydrogens is 181 g/mol. The lowest BCUT2D eigenvalue weighted by atomic mass is 10.2. The Morgan fingerprint density at radius 3 is 3.21 bits per heavy atom. The highest BCUT2D eigenvalue weighted by Crippen LogP contribution is 2.23. The predicted octanol–water partition coefficient (Wildman–Crippen LogP) is 2.09. The summed E-state index contributed by atoms with van der Waals surface area (Å²) in [7, 11) is 0. The highest BCUT2D eigenvalue weighted by atomic mass is 19.1. The van der Waals surface area contributed by atoms with Crippen molar-refractivity contribution in [3.8, 4) is 5.75 Å². The number of ether oxygens (including phenoxy) is 1. The molecule has 0 fully saturated rings. The largest absolute Gasteiger partial charge is 0.489 e. The number of nitrogens with one attached hydrogen (secondary N) is 1. The standard InChI is InChI=1S/C11H14FNO/c1-2-10-7-13-6-8-3-4-9(12)5-11(8)14-10/h3-5,10,13H,2,6-7H2,1H3/t10-/m1/s1. The van der Waals surface area contributed by atoms with Crippen LogP contribution in [0.3, 0.4) is 0 Å². The van der Waals surface area contributed by atoms with E-state index in [-0.39, 0.29) is 11.9 Å². The number of rotatable bonds is 1. The minimum absolute atomic E-state index is 0.151. The lowest BCUT2D eigenvalue weighted by molar-refractivity contribution is 0.201. The first kappa shape index (κ1) is 9.46. The third-order valence-electron chi connectivity index (χ3n) is 2.47. The van der Waals surface area contributed by atoms with E-state index in [1.165, 1.54) is 12.1 Å². The Morgan fingerprint density at radius 1 is 1.57 bits per heavy atom. The van der Waals surface area contributed by atoms with E-state index in [0.717, 1.165) is 25.1 Å². The molecule has 0 amide bonds. The molecule has 1 aliphatic rings. The van der Waals surface area contributed by atoms with Gasteiger partial charge in [0.25, 0.3) is 0 Å². The van der Waals surface area contributed by atoms with E-state index in [2.05, 4.69) is 12.2 Å². The van der Waals surface area contributed by atoms with Crippen molar-refractivity contribution in [1.29, 1.82) is 0 Å². The minimum atomic E-state index is -0.236. The second-order valence-electron chi connectivity index (χ2n) is 3.53. The number of hydrogen-bond acceptors (Lipinski definition) is 2. The number of halogens is 1. The number of hydrogen-bond donors (Lipinski definition) is 1. The van der Waals surface area contributed by atoms with Crippen molar-refractivity contribution in [3.63, 3.8) is 0 Å². The molecule has 1 N–H and O–H groups in total. The summed E-state index contributed by atoms with van der Waals surface area (Å²) < 4.78 is 18.6. The molecule has 1 aromatic rings. The Hall–Kier alpha value is -1.09. The normalized spacial score (nSPS) is 20.9. The first-order valence-electron chi connectivity index (χ1n) is 4.95. The Bertz CT molecular complexity index is 327. The van der Waals surface area contributed by atoms with Crippen molar-refractivity contribution >= 4 is 0 Å². The topological polar surface area (TPSA) is 21.3 Å². The molecule has 1 atom stereocenters. The third-order valence-corrected chi connectivity index (χ3v) is 2.47. The van der Waals surface area contributed by atoms with Crippen molar-refractivity contribution < 1.29 is 9.13 Å². The van der Waals surface area contributed by atoms with Crippen LogP contribution < -0.4 is 10.1 Å². The summed E-state index contributed by atoms with van der Waals surface area (Å²) in [5, 5.41) is 3.28. The van der Waals surface area contributed by atoms with Gasteiger partial charge in [0.2, 0.25) is 0 Å². The van der Waals surface area contributed by atoms with Crippen LogP contribution in [0.4, 0.5) is 4.39 Å². The number of fused-ring (bicyclic) bond motifs is 1. The summed E-state index contributed by atoms with van der Waals surface area (Å²) in [5.41, 5.74) is 1.03. The molecule has 1 aliphatic heterocycles. The smallest absolute Gasteiger partial charge is 0.127 e. The fraction of sp³-hybridized carbons (Fsp3) is 0.455. The van der Waals surface area contributed by atoms with Crippen LogP contribution in [-0.4, -0.2) is 12.6 Å². The Labute approximate surface area is 83.1 Å². The summed E-state index contributed by atoms with van der Waals surface area (Å²) >= 11 is 0. The van der Waals surface area contributed by atoms with Gasteiger partial charge < -0.3 is 10.1 Å². The molecule has 14 heavy (non-hydrogen) atoms. The van der Waals surface area contributed by atoms with Gasteiger partial charge in [-0.2, -0.15) is 0 Å². The van der Waals surface area contributed by atoms with Gasteiger partial charge in [0, 0.05) is 24.7 Å². The van der Waals surface area contributed by atoms with Crippen molar-refractivity contribution in [1.82, 2.24) is 5.32 Å². The Morgan fingerprint density at radius 2 is 2.43 bits per heavy atom. The van der Waals surface area contributed by atoms with Crippen LogP contribution in [-0.2, 0) is 6.54 Å². The van der Waals surface area contributed by atoms with Crippen molar-refractivity contribution in [2.75, 3.05) is 6.54 Å². The lowest BCUT2D eigenvalue weighted by Gasteiger charge is -2.14. The maximum absolute atomic E-state index is 13.0. The first-order valence-corrected chi connectivity index (χ1v) is 4.95. The third kappa shape index (κ3) is 1.87. The molecule has 0 spiro atoms. The molecule has 0 saturated carbocycles. The van der Waals surface area contributed by atoms with Gasteiger partial charge in [0.15, 0.2) is 0 Å². The van der Waals surface area contributed by atoms with E-state index in [4.69, 9.17) is 4.74 Å². The van der Waals surface area contributed by atoms with Crippen LogP contribution in [0.1, 0.15) is 18.9 Å².